The van der Waals surface area contributed by atoms with Crippen molar-refractivity contribution in [2.45, 2.75) is 33.7 Å². The lowest BCUT2D eigenvalue weighted by atomic mass is 10.1. The normalized spacial score (nSPS) is 16.9. The quantitative estimate of drug-likeness (QED) is 0.814. The number of aryl methyl sites for hydroxylation is 1. The van der Waals surface area contributed by atoms with Gasteiger partial charge < -0.3 is 9.47 Å². The lowest BCUT2D eigenvalue weighted by Gasteiger charge is -2.35. The van der Waals surface area contributed by atoms with E-state index in [1.807, 2.05) is 24.9 Å². The number of carbonyl (C=O) groups is 1. The van der Waals surface area contributed by atoms with E-state index in [0.717, 1.165) is 51.5 Å². The molecule has 0 aliphatic carbocycles. The molecule has 1 saturated heterocycles. The molecule has 0 unspecified atom stereocenters. The third-order valence-corrected chi connectivity index (χ3v) is 3.95. The molecule has 5 nitrogen and oxygen atoms in total. The van der Waals surface area contributed by atoms with Crippen LogP contribution >= 0.6 is 0 Å². The largest absolute Gasteiger partial charge is 0.340 e. The van der Waals surface area contributed by atoms with Crippen LogP contribution in [0.4, 0.5) is 0 Å². The highest BCUT2D eigenvalue weighted by atomic mass is 16.2. The van der Waals surface area contributed by atoms with Gasteiger partial charge in [-0.3, -0.25) is 9.69 Å². The Kier molecular flexibility index (Phi) is 5.17. The summed E-state index contributed by atoms with van der Waals surface area (Å²) in [5, 5.41) is 0. The van der Waals surface area contributed by atoms with E-state index in [9.17, 15) is 4.79 Å². The maximum atomic E-state index is 11.9. The molecule has 0 spiro atoms. The zero-order valence-electron chi connectivity index (χ0n) is 12.9. The first-order valence-corrected chi connectivity index (χ1v) is 7.63. The molecule has 2 heterocycles. The van der Waals surface area contributed by atoms with Crippen LogP contribution in [0.3, 0.4) is 0 Å². The predicted molar refractivity (Wildman–Crippen MR) is 79.5 cm³/mol. The van der Waals surface area contributed by atoms with Crippen LogP contribution in [0.5, 0.6) is 0 Å². The van der Waals surface area contributed by atoms with Gasteiger partial charge >= 0.3 is 0 Å². The summed E-state index contributed by atoms with van der Waals surface area (Å²) in [5.74, 6) is 1.55. The Hall–Kier alpha value is -1.36. The van der Waals surface area contributed by atoms with Gasteiger partial charge in [0.05, 0.1) is 0 Å². The maximum absolute atomic E-state index is 11.9. The van der Waals surface area contributed by atoms with Crippen molar-refractivity contribution in [3.05, 3.63) is 18.2 Å². The second-order valence-corrected chi connectivity index (χ2v) is 5.71. The summed E-state index contributed by atoms with van der Waals surface area (Å²) >= 11 is 0. The molecule has 1 amide bonds. The molecule has 0 bridgehead atoms. The van der Waals surface area contributed by atoms with Crippen molar-refractivity contribution in [2.75, 3.05) is 32.7 Å². The van der Waals surface area contributed by atoms with Gasteiger partial charge in [-0.05, 0) is 0 Å². The number of rotatable bonds is 5. The molecule has 0 N–H and O–H groups in total. The maximum Gasteiger partial charge on any atom is 0.225 e. The fourth-order valence-electron chi connectivity index (χ4n) is 2.66. The molecular weight excluding hydrogens is 252 g/mol. The van der Waals surface area contributed by atoms with Crippen LogP contribution in [0.2, 0.25) is 0 Å². The third-order valence-electron chi connectivity index (χ3n) is 3.95. The van der Waals surface area contributed by atoms with E-state index in [-0.39, 0.29) is 11.8 Å². The second kappa shape index (κ2) is 6.88. The lowest BCUT2D eigenvalue weighted by Crippen LogP contribution is -2.50. The molecule has 1 aliphatic heterocycles. The van der Waals surface area contributed by atoms with Crippen LogP contribution in [-0.4, -0.2) is 58.0 Å². The highest BCUT2D eigenvalue weighted by molar-refractivity contribution is 5.78. The highest BCUT2D eigenvalue weighted by Gasteiger charge is 2.22. The van der Waals surface area contributed by atoms with Gasteiger partial charge in [-0.2, -0.15) is 0 Å². The Balaban J connectivity index is 1.76. The second-order valence-electron chi connectivity index (χ2n) is 5.71. The molecule has 2 rings (SSSR count). The first kappa shape index (κ1) is 15.0. The number of nitrogens with zero attached hydrogens (tertiary/aromatic N) is 4. The molecular formula is C15H26N4O. The number of aromatic nitrogens is 2. The van der Waals surface area contributed by atoms with Gasteiger partial charge in [0.2, 0.25) is 5.91 Å². The number of hydrogen-bond acceptors (Lipinski definition) is 3. The minimum atomic E-state index is 0.111. The van der Waals surface area contributed by atoms with Crippen LogP contribution in [0, 0.1) is 5.92 Å². The van der Waals surface area contributed by atoms with Gasteiger partial charge in [-0.15, -0.1) is 0 Å². The van der Waals surface area contributed by atoms with Gasteiger partial charge in [-0.1, -0.05) is 20.8 Å². The van der Waals surface area contributed by atoms with Crippen molar-refractivity contribution in [2.24, 2.45) is 5.92 Å². The van der Waals surface area contributed by atoms with E-state index in [4.69, 9.17) is 0 Å². The topological polar surface area (TPSA) is 41.4 Å². The number of amides is 1. The van der Waals surface area contributed by atoms with Crippen LogP contribution in [0.1, 0.15) is 26.6 Å². The molecule has 1 fully saturated rings. The minimum Gasteiger partial charge on any atom is -0.340 e. The van der Waals surface area contributed by atoms with Crippen molar-refractivity contribution >= 4 is 5.91 Å². The predicted octanol–water partition coefficient (Wildman–Crippen LogP) is 1.25. The Labute approximate surface area is 121 Å². The smallest absolute Gasteiger partial charge is 0.225 e. The number of piperazine rings is 1. The average molecular weight is 278 g/mol. The number of hydrogen-bond donors (Lipinski definition) is 0. The minimum absolute atomic E-state index is 0.111. The van der Waals surface area contributed by atoms with Gasteiger partial charge in [0.15, 0.2) is 0 Å². The average Bonchev–Trinajstić information content (AvgIpc) is 2.92. The first-order chi connectivity index (χ1) is 9.61. The standard InChI is InChI=1S/C15H26N4O/c1-4-14-16-5-6-18(14)10-7-17-8-11-19(12-9-17)15(20)13(2)3/h5-6,13H,4,7-12H2,1-3H3. The number of imidazole rings is 1. The van der Waals surface area contributed by atoms with E-state index < -0.39 is 0 Å². The summed E-state index contributed by atoms with van der Waals surface area (Å²) in [7, 11) is 0. The summed E-state index contributed by atoms with van der Waals surface area (Å²) < 4.78 is 2.23. The molecule has 0 aromatic carbocycles. The first-order valence-electron chi connectivity index (χ1n) is 7.63. The van der Waals surface area contributed by atoms with Gasteiger partial charge in [-0.25, -0.2) is 4.98 Å². The van der Waals surface area contributed by atoms with Crippen molar-refractivity contribution in [3.8, 4) is 0 Å². The SMILES string of the molecule is CCc1nccn1CCN1CCN(C(=O)C(C)C)CC1. The van der Waals surface area contributed by atoms with Crippen molar-refractivity contribution in [1.82, 2.24) is 19.4 Å². The van der Waals surface area contributed by atoms with Crippen molar-refractivity contribution < 1.29 is 4.79 Å². The molecule has 1 aliphatic rings. The summed E-state index contributed by atoms with van der Waals surface area (Å²) in [5.41, 5.74) is 0. The molecule has 1 aromatic heterocycles. The van der Waals surface area contributed by atoms with E-state index in [1.165, 1.54) is 0 Å². The zero-order chi connectivity index (χ0) is 14.5. The molecule has 0 atom stereocenters. The molecule has 0 radical (unpaired) electrons. The molecule has 112 valence electrons. The Morgan fingerprint density at radius 2 is 1.95 bits per heavy atom. The molecule has 5 heteroatoms. The Morgan fingerprint density at radius 1 is 1.25 bits per heavy atom. The summed E-state index contributed by atoms with van der Waals surface area (Å²) in [4.78, 5) is 20.7. The molecule has 0 saturated carbocycles. The molecule has 20 heavy (non-hydrogen) atoms. The van der Waals surface area contributed by atoms with Gasteiger partial charge in [0.1, 0.15) is 5.82 Å². The van der Waals surface area contributed by atoms with Crippen LogP contribution in [0.25, 0.3) is 0 Å². The van der Waals surface area contributed by atoms with E-state index >= 15 is 0 Å². The van der Waals surface area contributed by atoms with Crippen molar-refractivity contribution in [1.29, 1.82) is 0 Å². The monoisotopic (exact) mass is 278 g/mol. The lowest BCUT2D eigenvalue weighted by molar-refractivity contribution is -0.136. The van der Waals surface area contributed by atoms with Gasteiger partial charge in [0.25, 0.3) is 0 Å². The van der Waals surface area contributed by atoms with E-state index in [0.29, 0.717) is 0 Å². The Morgan fingerprint density at radius 3 is 2.55 bits per heavy atom. The molecule has 1 aromatic rings. The summed E-state index contributed by atoms with van der Waals surface area (Å²) in [6, 6.07) is 0. The fraction of sp³-hybridized carbons (Fsp3) is 0.733. The van der Waals surface area contributed by atoms with Crippen LogP contribution < -0.4 is 0 Å². The van der Waals surface area contributed by atoms with Gasteiger partial charge in [0, 0.05) is 64.0 Å². The van der Waals surface area contributed by atoms with Crippen LogP contribution in [0.15, 0.2) is 12.4 Å². The van der Waals surface area contributed by atoms with E-state index in [1.54, 1.807) is 0 Å². The highest BCUT2D eigenvalue weighted by Crippen LogP contribution is 2.07. The summed E-state index contributed by atoms with van der Waals surface area (Å²) in [6.07, 6.45) is 4.90. The van der Waals surface area contributed by atoms with Crippen LogP contribution in [-0.2, 0) is 17.8 Å². The third kappa shape index (κ3) is 3.60. The summed E-state index contributed by atoms with van der Waals surface area (Å²) in [6.45, 7) is 11.8. The fourth-order valence-corrected chi connectivity index (χ4v) is 2.66. The number of carbonyl (C=O) groups excluding carboxylic acids is 1. The zero-order valence-corrected chi connectivity index (χ0v) is 12.9. The van der Waals surface area contributed by atoms with Crippen molar-refractivity contribution in [3.63, 3.8) is 0 Å². The van der Waals surface area contributed by atoms with E-state index in [2.05, 4.69) is 27.6 Å². The Bertz CT molecular complexity index is 433.